The van der Waals surface area contributed by atoms with Gasteiger partial charge in [-0.25, -0.2) is 4.98 Å². The first-order valence-corrected chi connectivity index (χ1v) is 11.2. The van der Waals surface area contributed by atoms with E-state index in [1.807, 2.05) is 24.3 Å². The number of rotatable bonds is 6. The highest BCUT2D eigenvalue weighted by molar-refractivity contribution is 7.18. The zero-order valence-electron chi connectivity index (χ0n) is 16.4. The number of aryl methyl sites for hydroxylation is 1. The maximum atomic E-state index is 13.5. The first kappa shape index (κ1) is 20.1. The van der Waals surface area contributed by atoms with Gasteiger partial charge in [0.05, 0.1) is 5.39 Å². The van der Waals surface area contributed by atoms with Gasteiger partial charge in [-0.05, 0) is 54.9 Å². The lowest BCUT2D eigenvalue weighted by Crippen LogP contribution is -2.27. The second-order valence-corrected chi connectivity index (χ2v) is 9.41. The molecule has 0 fully saturated rings. The molecule has 0 bridgehead atoms. The second-order valence-electron chi connectivity index (χ2n) is 7.89. The van der Waals surface area contributed by atoms with Gasteiger partial charge in [-0.15, -0.1) is 11.3 Å². The summed E-state index contributed by atoms with van der Waals surface area (Å²) in [6, 6.07) is 7.59. The average molecular weight is 430 g/mol. The van der Waals surface area contributed by atoms with E-state index in [1.54, 1.807) is 15.9 Å². The largest absolute Gasteiger partial charge is 0.370 e. The summed E-state index contributed by atoms with van der Waals surface area (Å²) < 4.78 is 1.74. The van der Waals surface area contributed by atoms with E-state index >= 15 is 0 Å². The van der Waals surface area contributed by atoms with Gasteiger partial charge in [-0.2, -0.15) is 0 Å². The van der Waals surface area contributed by atoms with Gasteiger partial charge in [0, 0.05) is 29.3 Å². The fraction of sp³-hybridized carbons (Fsp3) is 0.409. The molecule has 7 heteroatoms. The number of halogens is 1. The Kier molecular flexibility index (Phi) is 5.74. The van der Waals surface area contributed by atoms with Crippen molar-refractivity contribution in [1.29, 1.82) is 0 Å². The first-order chi connectivity index (χ1) is 13.9. The smallest absolute Gasteiger partial charge is 0.262 e. The minimum absolute atomic E-state index is 0.00971. The SMILES string of the molecule is CC1CCc2c(sc3nc(Cc4ccc(Cl)cc4)n(CCCC(N)=O)c(=O)c23)C1. The maximum Gasteiger partial charge on any atom is 0.262 e. The van der Waals surface area contributed by atoms with Crippen LogP contribution in [0.4, 0.5) is 0 Å². The number of hydrogen-bond donors (Lipinski definition) is 1. The zero-order valence-corrected chi connectivity index (χ0v) is 18.0. The van der Waals surface area contributed by atoms with Crippen molar-refractivity contribution in [1.82, 2.24) is 9.55 Å². The molecule has 1 unspecified atom stereocenters. The molecule has 1 atom stereocenters. The molecule has 1 amide bonds. The van der Waals surface area contributed by atoms with Crippen LogP contribution in [0.1, 0.15) is 48.0 Å². The number of amides is 1. The van der Waals surface area contributed by atoms with Gasteiger partial charge in [0.1, 0.15) is 10.7 Å². The van der Waals surface area contributed by atoms with Crippen LogP contribution in [-0.4, -0.2) is 15.5 Å². The Balaban J connectivity index is 1.79. The Morgan fingerprint density at radius 2 is 2.10 bits per heavy atom. The number of nitrogens with two attached hydrogens (primary N) is 1. The van der Waals surface area contributed by atoms with Crippen LogP contribution in [0.3, 0.4) is 0 Å². The Morgan fingerprint density at radius 1 is 1.34 bits per heavy atom. The van der Waals surface area contributed by atoms with Gasteiger partial charge in [0.2, 0.25) is 5.91 Å². The van der Waals surface area contributed by atoms with Crippen LogP contribution in [0.2, 0.25) is 5.02 Å². The number of primary amides is 1. The Morgan fingerprint density at radius 3 is 2.83 bits per heavy atom. The molecule has 29 heavy (non-hydrogen) atoms. The average Bonchev–Trinajstić information content (AvgIpc) is 3.03. The normalized spacial score (nSPS) is 16.1. The van der Waals surface area contributed by atoms with Crippen molar-refractivity contribution in [3.8, 4) is 0 Å². The van der Waals surface area contributed by atoms with Gasteiger partial charge < -0.3 is 5.73 Å². The van der Waals surface area contributed by atoms with E-state index in [-0.39, 0.29) is 17.9 Å². The molecule has 4 rings (SSSR count). The molecular formula is C22H24ClN3O2S. The van der Waals surface area contributed by atoms with Crippen LogP contribution >= 0.6 is 22.9 Å². The van der Waals surface area contributed by atoms with Crippen molar-refractivity contribution in [2.45, 2.75) is 52.0 Å². The summed E-state index contributed by atoms with van der Waals surface area (Å²) in [6.07, 6.45) is 4.38. The van der Waals surface area contributed by atoms with E-state index in [0.29, 0.717) is 30.3 Å². The third-order valence-corrected chi connectivity index (χ3v) is 6.97. The number of nitrogens with zero attached hydrogens (tertiary/aromatic N) is 2. The van der Waals surface area contributed by atoms with Crippen LogP contribution in [0.5, 0.6) is 0 Å². The number of carbonyl (C=O) groups excluding carboxylic acids is 1. The molecule has 2 heterocycles. The van der Waals surface area contributed by atoms with Crippen molar-refractivity contribution in [3.05, 3.63) is 61.5 Å². The number of fused-ring (bicyclic) bond motifs is 3. The van der Waals surface area contributed by atoms with Crippen molar-refractivity contribution in [2.24, 2.45) is 11.7 Å². The van der Waals surface area contributed by atoms with Crippen LogP contribution < -0.4 is 11.3 Å². The number of thiophene rings is 1. The molecule has 0 saturated heterocycles. The Labute approximate surface area is 178 Å². The minimum Gasteiger partial charge on any atom is -0.370 e. The number of aromatic nitrogens is 2. The summed E-state index contributed by atoms with van der Waals surface area (Å²) in [5.74, 6) is 1.01. The van der Waals surface area contributed by atoms with Crippen molar-refractivity contribution < 1.29 is 4.79 Å². The fourth-order valence-corrected chi connectivity index (χ4v) is 5.55. The lowest BCUT2D eigenvalue weighted by molar-refractivity contribution is -0.118. The number of benzene rings is 1. The quantitative estimate of drug-likeness (QED) is 0.640. The van der Waals surface area contributed by atoms with Crippen molar-refractivity contribution in [3.63, 3.8) is 0 Å². The lowest BCUT2D eigenvalue weighted by Gasteiger charge is -2.18. The van der Waals surface area contributed by atoms with E-state index in [4.69, 9.17) is 22.3 Å². The molecule has 0 aliphatic heterocycles. The molecule has 5 nitrogen and oxygen atoms in total. The third-order valence-electron chi connectivity index (χ3n) is 5.57. The second kappa shape index (κ2) is 8.28. The highest BCUT2D eigenvalue weighted by atomic mass is 35.5. The van der Waals surface area contributed by atoms with Crippen molar-refractivity contribution >= 4 is 39.1 Å². The summed E-state index contributed by atoms with van der Waals surface area (Å²) >= 11 is 7.67. The number of hydrogen-bond acceptors (Lipinski definition) is 4. The maximum absolute atomic E-state index is 13.5. The van der Waals surface area contributed by atoms with E-state index in [1.165, 1.54) is 10.4 Å². The van der Waals surface area contributed by atoms with Crippen LogP contribution in [0.15, 0.2) is 29.1 Å². The molecule has 0 spiro atoms. The summed E-state index contributed by atoms with van der Waals surface area (Å²) in [5, 5.41) is 1.45. The topological polar surface area (TPSA) is 78.0 Å². The minimum atomic E-state index is -0.353. The summed E-state index contributed by atoms with van der Waals surface area (Å²) in [5.41, 5.74) is 7.53. The fourth-order valence-electron chi connectivity index (χ4n) is 4.03. The molecule has 152 valence electrons. The Hall–Kier alpha value is -2.18. The lowest BCUT2D eigenvalue weighted by atomic mass is 9.89. The van der Waals surface area contributed by atoms with Gasteiger partial charge in [0.15, 0.2) is 0 Å². The third kappa shape index (κ3) is 4.23. The van der Waals surface area contributed by atoms with Crippen LogP contribution in [0, 0.1) is 5.92 Å². The molecule has 0 saturated carbocycles. The molecule has 2 N–H and O–H groups in total. The monoisotopic (exact) mass is 429 g/mol. The van der Waals surface area contributed by atoms with Crippen molar-refractivity contribution in [2.75, 3.05) is 0 Å². The van der Waals surface area contributed by atoms with E-state index in [0.717, 1.165) is 40.9 Å². The molecule has 0 radical (unpaired) electrons. The molecule has 1 aliphatic rings. The van der Waals surface area contributed by atoms with Crippen LogP contribution in [-0.2, 0) is 30.6 Å². The zero-order chi connectivity index (χ0) is 20.5. The first-order valence-electron chi connectivity index (χ1n) is 9.99. The van der Waals surface area contributed by atoms with Crippen LogP contribution in [0.25, 0.3) is 10.2 Å². The summed E-state index contributed by atoms with van der Waals surface area (Å²) in [6.45, 7) is 2.70. The predicted molar refractivity (Wildman–Crippen MR) is 118 cm³/mol. The summed E-state index contributed by atoms with van der Waals surface area (Å²) in [7, 11) is 0. The highest BCUT2D eigenvalue weighted by Crippen LogP contribution is 2.36. The number of carbonyl (C=O) groups is 1. The van der Waals surface area contributed by atoms with E-state index < -0.39 is 0 Å². The molecule has 2 aromatic heterocycles. The summed E-state index contributed by atoms with van der Waals surface area (Å²) in [4.78, 5) is 31.7. The van der Waals surface area contributed by atoms with Gasteiger partial charge in [-0.3, -0.25) is 14.2 Å². The molecular weight excluding hydrogens is 406 g/mol. The van der Waals surface area contributed by atoms with E-state index in [2.05, 4.69) is 6.92 Å². The van der Waals surface area contributed by atoms with Gasteiger partial charge in [-0.1, -0.05) is 30.7 Å². The molecule has 1 aliphatic carbocycles. The molecule has 3 aromatic rings. The standard InChI is InChI=1S/C22H24ClN3O2S/c1-13-4-9-16-17(11-13)29-21-20(16)22(28)26(10-2-3-18(24)27)19(25-21)12-14-5-7-15(23)8-6-14/h5-8,13H,2-4,9-12H2,1H3,(H2,24,27). The molecule has 1 aromatic carbocycles. The predicted octanol–water partition coefficient (Wildman–Crippen LogP) is 4.09. The highest BCUT2D eigenvalue weighted by Gasteiger charge is 2.24. The van der Waals surface area contributed by atoms with Gasteiger partial charge >= 0.3 is 0 Å². The Bertz CT molecular complexity index is 1120. The van der Waals surface area contributed by atoms with E-state index in [9.17, 15) is 9.59 Å². The van der Waals surface area contributed by atoms with Gasteiger partial charge in [0.25, 0.3) is 5.56 Å².